The number of benzene rings is 1. The third-order valence-corrected chi connectivity index (χ3v) is 7.69. The largest absolute Gasteiger partial charge is 0.487 e. The van der Waals surface area contributed by atoms with Gasteiger partial charge in [0.25, 0.3) is 0 Å². The third kappa shape index (κ3) is 4.89. The zero-order chi connectivity index (χ0) is 22.8. The van der Waals surface area contributed by atoms with Crippen molar-refractivity contribution in [2.24, 2.45) is 5.92 Å². The zero-order valence-electron chi connectivity index (χ0n) is 18.2. The quantitative estimate of drug-likeness (QED) is 0.753. The molecule has 1 aromatic heterocycles. The van der Waals surface area contributed by atoms with E-state index in [0.29, 0.717) is 6.54 Å². The molecular weight excluding hydrogens is 418 g/mol. The van der Waals surface area contributed by atoms with E-state index >= 15 is 0 Å². The molecule has 0 saturated carbocycles. The van der Waals surface area contributed by atoms with Crippen LogP contribution in [0.15, 0.2) is 47.6 Å². The summed E-state index contributed by atoms with van der Waals surface area (Å²) in [5, 5.41) is 9.70. The first kappa shape index (κ1) is 23.2. The fourth-order valence-corrected chi connectivity index (χ4v) is 5.39. The van der Waals surface area contributed by atoms with Crippen molar-refractivity contribution in [3.05, 3.63) is 42.7 Å². The standard InChI is InChI=1S/C22H29N3O5S/c1-15-12-25(16(2)14-26)31(28,29)22-6-5-19(18-7-9-23-10-8-18)11-20(22)30-21(15)13-24(4)17(3)27/h5-11,15-16,21,26H,12-14H2,1-4H3/t15-,16-,21-/m0/s1. The number of pyridine rings is 1. The first-order valence-corrected chi connectivity index (χ1v) is 11.6. The summed E-state index contributed by atoms with van der Waals surface area (Å²) in [6.07, 6.45) is 2.91. The number of sulfonamides is 1. The zero-order valence-corrected chi connectivity index (χ0v) is 19.0. The number of aliphatic hydroxyl groups excluding tert-OH is 1. The average molecular weight is 448 g/mol. The highest BCUT2D eigenvalue weighted by Gasteiger charge is 2.38. The Bertz CT molecular complexity index is 1030. The van der Waals surface area contributed by atoms with Crippen LogP contribution in [0.4, 0.5) is 0 Å². The van der Waals surface area contributed by atoms with Gasteiger partial charge in [0, 0.05) is 44.9 Å². The molecule has 1 aliphatic rings. The summed E-state index contributed by atoms with van der Waals surface area (Å²) in [5.74, 6) is -0.0851. The van der Waals surface area contributed by atoms with Gasteiger partial charge in [-0.25, -0.2) is 8.42 Å². The van der Waals surface area contributed by atoms with Gasteiger partial charge in [-0.1, -0.05) is 13.0 Å². The van der Waals surface area contributed by atoms with Gasteiger partial charge in [0.2, 0.25) is 15.9 Å². The number of fused-ring (bicyclic) bond motifs is 1. The van der Waals surface area contributed by atoms with Gasteiger partial charge in [0.15, 0.2) is 0 Å². The number of nitrogens with zero attached hydrogens (tertiary/aromatic N) is 3. The van der Waals surface area contributed by atoms with Crippen molar-refractivity contribution in [2.45, 2.75) is 37.8 Å². The lowest BCUT2D eigenvalue weighted by molar-refractivity contribution is -0.129. The first-order valence-electron chi connectivity index (χ1n) is 10.2. The molecule has 3 rings (SSSR count). The van der Waals surface area contributed by atoms with Gasteiger partial charge in [0.05, 0.1) is 13.2 Å². The van der Waals surface area contributed by atoms with Crippen LogP contribution in [-0.4, -0.2) is 72.5 Å². The molecule has 31 heavy (non-hydrogen) atoms. The summed E-state index contributed by atoms with van der Waals surface area (Å²) in [6, 6.07) is 8.07. The number of amides is 1. The molecular formula is C22H29N3O5S. The lowest BCUT2D eigenvalue weighted by atomic mass is 10.0. The number of rotatable bonds is 5. The smallest absolute Gasteiger partial charge is 0.247 e. The third-order valence-electron chi connectivity index (χ3n) is 5.67. The summed E-state index contributed by atoms with van der Waals surface area (Å²) >= 11 is 0. The highest BCUT2D eigenvalue weighted by molar-refractivity contribution is 7.89. The van der Waals surface area contributed by atoms with E-state index in [4.69, 9.17) is 4.74 Å². The molecule has 3 atom stereocenters. The minimum absolute atomic E-state index is 0.0491. The van der Waals surface area contributed by atoms with E-state index in [0.717, 1.165) is 11.1 Å². The molecule has 0 spiro atoms. The second kappa shape index (κ2) is 9.33. The van der Waals surface area contributed by atoms with Gasteiger partial charge >= 0.3 is 0 Å². The Hall–Kier alpha value is -2.49. The van der Waals surface area contributed by atoms with Gasteiger partial charge in [-0.05, 0) is 42.3 Å². The highest BCUT2D eigenvalue weighted by atomic mass is 32.2. The van der Waals surface area contributed by atoms with Crippen LogP contribution in [0.1, 0.15) is 20.8 Å². The average Bonchev–Trinajstić information content (AvgIpc) is 2.75. The molecule has 0 unspecified atom stereocenters. The van der Waals surface area contributed by atoms with Crippen molar-refractivity contribution in [1.82, 2.24) is 14.2 Å². The Morgan fingerprint density at radius 2 is 1.97 bits per heavy atom. The SMILES string of the molecule is CC(=O)N(C)C[C@@H]1Oc2cc(-c3ccncc3)ccc2S(=O)(=O)N([C@@H](C)CO)C[C@@H]1C. The van der Waals surface area contributed by atoms with Crippen LogP contribution in [0.3, 0.4) is 0 Å². The number of ether oxygens (including phenoxy) is 1. The fourth-order valence-electron chi connectivity index (χ4n) is 3.57. The van der Waals surface area contributed by atoms with Crippen LogP contribution in [0.2, 0.25) is 0 Å². The molecule has 1 aliphatic heterocycles. The number of aromatic nitrogens is 1. The van der Waals surface area contributed by atoms with Crippen molar-refractivity contribution < 1.29 is 23.1 Å². The Balaban J connectivity index is 2.13. The molecule has 8 nitrogen and oxygen atoms in total. The van der Waals surface area contributed by atoms with Gasteiger partial charge < -0.3 is 14.7 Å². The van der Waals surface area contributed by atoms with Crippen molar-refractivity contribution in [1.29, 1.82) is 0 Å². The monoisotopic (exact) mass is 447 g/mol. The summed E-state index contributed by atoms with van der Waals surface area (Å²) in [6.45, 7) is 5.24. The molecule has 2 aromatic rings. The van der Waals surface area contributed by atoms with Crippen LogP contribution >= 0.6 is 0 Å². The minimum Gasteiger partial charge on any atom is -0.487 e. The number of carbonyl (C=O) groups is 1. The maximum absolute atomic E-state index is 13.5. The van der Waals surface area contributed by atoms with Gasteiger partial charge in [0.1, 0.15) is 16.7 Å². The molecule has 1 aromatic carbocycles. The number of carbonyl (C=O) groups excluding carboxylic acids is 1. The molecule has 1 N–H and O–H groups in total. The van der Waals surface area contributed by atoms with Gasteiger partial charge in [-0.15, -0.1) is 0 Å². The van der Waals surface area contributed by atoms with Crippen LogP contribution in [-0.2, 0) is 14.8 Å². The molecule has 0 saturated heterocycles. The molecule has 0 radical (unpaired) electrons. The van der Waals surface area contributed by atoms with Crippen LogP contribution < -0.4 is 4.74 Å². The molecule has 168 valence electrons. The molecule has 9 heteroatoms. The number of likely N-dealkylation sites (N-methyl/N-ethyl adjacent to an activating group) is 1. The summed E-state index contributed by atoms with van der Waals surface area (Å²) in [4.78, 5) is 17.4. The molecule has 0 aliphatic carbocycles. The van der Waals surface area contributed by atoms with Crippen LogP contribution in [0, 0.1) is 5.92 Å². The number of hydrogen-bond donors (Lipinski definition) is 1. The number of hydrogen-bond acceptors (Lipinski definition) is 6. The minimum atomic E-state index is -3.90. The van der Waals surface area contributed by atoms with Crippen molar-refractivity contribution >= 4 is 15.9 Å². The number of aliphatic hydroxyl groups is 1. The summed E-state index contributed by atoms with van der Waals surface area (Å²) in [5.41, 5.74) is 1.68. The van der Waals surface area contributed by atoms with Crippen LogP contribution in [0.25, 0.3) is 11.1 Å². The lowest BCUT2D eigenvalue weighted by Crippen LogP contribution is -2.50. The molecule has 1 amide bonds. The Morgan fingerprint density at radius 1 is 1.29 bits per heavy atom. The van der Waals surface area contributed by atoms with Crippen LogP contribution in [0.5, 0.6) is 5.75 Å². The van der Waals surface area contributed by atoms with Gasteiger partial charge in [-0.3, -0.25) is 9.78 Å². The lowest BCUT2D eigenvalue weighted by Gasteiger charge is -2.37. The van der Waals surface area contributed by atoms with Gasteiger partial charge in [-0.2, -0.15) is 4.31 Å². The molecule has 0 bridgehead atoms. The van der Waals surface area contributed by atoms with E-state index in [9.17, 15) is 18.3 Å². The van der Waals surface area contributed by atoms with E-state index in [1.165, 1.54) is 11.2 Å². The first-order chi connectivity index (χ1) is 14.6. The maximum atomic E-state index is 13.5. The molecule has 2 heterocycles. The Labute approximate surface area is 183 Å². The maximum Gasteiger partial charge on any atom is 0.247 e. The predicted octanol–water partition coefficient (Wildman–Crippen LogP) is 2.00. The normalized spacial score (nSPS) is 21.8. The van der Waals surface area contributed by atoms with Crippen molar-refractivity contribution in [3.63, 3.8) is 0 Å². The van der Waals surface area contributed by atoms with E-state index in [2.05, 4.69) is 4.98 Å². The summed E-state index contributed by atoms with van der Waals surface area (Å²) in [7, 11) is -2.21. The van der Waals surface area contributed by atoms with Crippen molar-refractivity contribution in [3.8, 4) is 16.9 Å². The Kier molecular flexibility index (Phi) is 6.98. The second-order valence-electron chi connectivity index (χ2n) is 8.04. The topological polar surface area (TPSA) is 100 Å². The highest BCUT2D eigenvalue weighted by Crippen LogP contribution is 2.36. The predicted molar refractivity (Wildman–Crippen MR) is 117 cm³/mol. The molecule has 0 fully saturated rings. The fraction of sp³-hybridized carbons (Fsp3) is 0.455. The van der Waals surface area contributed by atoms with Crippen molar-refractivity contribution in [2.75, 3.05) is 26.7 Å². The summed E-state index contributed by atoms with van der Waals surface area (Å²) < 4.78 is 34.5. The van der Waals surface area contributed by atoms with E-state index in [-0.39, 0.29) is 35.6 Å². The van der Waals surface area contributed by atoms with E-state index in [1.54, 1.807) is 49.5 Å². The second-order valence-corrected chi connectivity index (χ2v) is 9.90. The van der Waals surface area contributed by atoms with E-state index < -0.39 is 22.2 Å². The Morgan fingerprint density at radius 3 is 2.58 bits per heavy atom. The van der Waals surface area contributed by atoms with E-state index in [1.807, 2.05) is 19.1 Å².